The minimum absolute atomic E-state index is 0.0506. The van der Waals surface area contributed by atoms with Crippen LogP contribution in [0.25, 0.3) is 0 Å². The Hall–Kier alpha value is -0.750. The van der Waals surface area contributed by atoms with E-state index in [-0.39, 0.29) is 41.3 Å². The lowest BCUT2D eigenvalue weighted by atomic mass is 9.51. The Bertz CT molecular complexity index is 501. The number of rotatable bonds is 4. The van der Waals surface area contributed by atoms with Crippen LogP contribution >= 0.6 is 0 Å². The smallest absolute Gasteiger partial charge is 0.159 e. The van der Waals surface area contributed by atoms with Gasteiger partial charge in [0.05, 0.1) is 12.7 Å². The number of hydrogen-bond donors (Lipinski definition) is 1. The van der Waals surface area contributed by atoms with Crippen LogP contribution in [0.3, 0.4) is 0 Å². The predicted molar refractivity (Wildman–Crippen MR) is 79.9 cm³/mol. The zero-order chi connectivity index (χ0) is 16.1. The van der Waals surface area contributed by atoms with E-state index in [9.17, 15) is 9.90 Å². The molecule has 1 saturated carbocycles. The molecule has 0 aromatic carbocycles. The zero-order valence-corrected chi connectivity index (χ0v) is 13.8. The van der Waals surface area contributed by atoms with E-state index in [2.05, 4.69) is 13.8 Å². The summed E-state index contributed by atoms with van der Waals surface area (Å²) in [6, 6.07) is 0. The number of fused-ring (bicyclic) bond motifs is 1. The number of hydrogen-bond acceptors (Lipinski definition) is 5. The third kappa shape index (κ3) is 2.10. The molecule has 1 N–H and O–H groups in total. The first kappa shape index (κ1) is 16.1. The van der Waals surface area contributed by atoms with E-state index in [1.54, 1.807) is 7.11 Å². The highest BCUT2D eigenvalue weighted by Crippen LogP contribution is 2.64. The van der Waals surface area contributed by atoms with Gasteiger partial charge in [-0.15, -0.1) is 0 Å². The molecule has 6 atom stereocenters. The zero-order valence-electron chi connectivity index (χ0n) is 13.8. The van der Waals surface area contributed by atoms with Crippen molar-refractivity contribution in [2.45, 2.75) is 46.0 Å². The normalized spacial score (nSPS) is 47.3. The van der Waals surface area contributed by atoms with Crippen LogP contribution in [0.1, 0.15) is 33.6 Å². The van der Waals surface area contributed by atoms with Crippen molar-refractivity contribution in [3.05, 3.63) is 11.6 Å². The lowest BCUT2D eigenvalue weighted by Gasteiger charge is -2.58. The molecule has 2 fully saturated rings. The van der Waals surface area contributed by atoms with Crippen LogP contribution in [0.15, 0.2) is 11.6 Å². The van der Waals surface area contributed by atoms with Crippen molar-refractivity contribution >= 4 is 5.78 Å². The summed E-state index contributed by atoms with van der Waals surface area (Å²) in [6.45, 7) is 6.97. The molecular formula is C17H26O5. The molecule has 1 spiro atoms. The third-order valence-corrected chi connectivity index (χ3v) is 6.30. The van der Waals surface area contributed by atoms with Crippen molar-refractivity contribution in [2.24, 2.45) is 22.7 Å². The number of methoxy groups -OCH3 is 1. The van der Waals surface area contributed by atoms with Gasteiger partial charge in [-0.1, -0.05) is 26.3 Å². The monoisotopic (exact) mass is 310 g/mol. The van der Waals surface area contributed by atoms with Gasteiger partial charge in [0.25, 0.3) is 0 Å². The fourth-order valence-electron chi connectivity index (χ4n) is 4.77. The van der Waals surface area contributed by atoms with E-state index in [1.807, 2.05) is 13.0 Å². The van der Waals surface area contributed by atoms with Gasteiger partial charge in [0.2, 0.25) is 0 Å². The average molecular weight is 310 g/mol. The van der Waals surface area contributed by atoms with Gasteiger partial charge in [0.15, 0.2) is 12.1 Å². The molecule has 5 heteroatoms. The van der Waals surface area contributed by atoms with Crippen molar-refractivity contribution in [1.82, 2.24) is 0 Å². The van der Waals surface area contributed by atoms with E-state index in [0.717, 1.165) is 12.0 Å². The summed E-state index contributed by atoms with van der Waals surface area (Å²) >= 11 is 0. The summed E-state index contributed by atoms with van der Waals surface area (Å²) in [7, 11) is 1.60. The highest BCUT2D eigenvalue weighted by Gasteiger charge is 2.63. The number of carbonyl (C=O) groups is 1. The SMILES string of the molecule is COCOC[C@]1(C)C2=CC(=O)[C@@H](C)[C@@]23C[C@H](O[C@@H](O)C3)[C@@H]1C. The number of allylic oxidation sites excluding steroid dienone is 1. The Kier molecular flexibility index (Phi) is 3.96. The molecule has 0 amide bonds. The molecule has 22 heavy (non-hydrogen) atoms. The molecular weight excluding hydrogens is 284 g/mol. The van der Waals surface area contributed by atoms with Crippen molar-refractivity contribution in [1.29, 1.82) is 0 Å². The Morgan fingerprint density at radius 3 is 2.82 bits per heavy atom. The Morgan fingerprint density at radius 1 is 1.41 bits per heavy atom. The van der Waals surface area contributed by atoms with Crippen LogP contribution in [0, 0.1) is 22.7 Å². The molecule has 1 saturated heterocycles. The van der Waals surface area contributed by atoms with Crippen LogP contribution in [0.2, 0.25) is 0 Å². The number of aliphatic hydroxyl groups is 1. The van der Waals surface area contributed by atoms with Crippen molar-refractivity contribution in [3.8, 4) is 0 Å². The average Bonchev–Trinajstić information content (AvgIpc) is 2.71. The van der Waals surface area contributed by atoms with Crippen LogP contribution in [-0.2, 0) is 19.0 Å². The van der Waals surface area contributed by atoms with Crippen LogP contribution in [-0.4, -0.2) is 43.8 Å². The number of carbonyl (C=O) groups excluding carboxylic acids is 1. The minimum atomic E-state index is -0.789. The van der Waals surface area contributed by atoms with E-state index in [4.69, 9.17) is 14.2 Å². The molecule has 2 bridgehead atoms. The van der Waals surface area contributed by atoms with E-state index < -0.39 is 6.29 Å². The minimum Gasteiger partial charge on any atom is -0.368 e. The van der Waals surface area contributed by atoms with Crippen molar-refractivity contribution in [2.75, 3.05) is 20.5 Å². The Labute approximate surface area is 131 Å². The van der Waals surface area contributed by atoms with Gasteiger partial charge in [-0.25, -0.2) is 0 Å². The molecule has 5 nitrogen and oxygen atoms in total. The summed E-state index contributed by atoms with van der Waals surface area (Å²) in [6.07, 6.45) is 2.28. The molecule has 1 heterocycles. The lowest BCUT2D eigenvalue weighted by Crippen LogP contribution is -2.58. The van der Waals surface area contributed by atoms with Gasteiger partial charge >= 0.3 is 0 Å². The fraction of sp³-hybridized carbons (Fsp3) is 0.824. The molecule has 3 aliphatic rings. The largest absolute Gasteiger partial charge is 0.368 e. The van der Waals surface area contributed by atoms with Crippen LogP contribution in [0.4, 0.5) is 0 Å². The van der Waals surface area contributed by atoms with Gasteiger partial charge in [-0.05, 0) is 18.4 Å². The topological polar surface area (TPSA) is 65.0 Å². The summed E-state index contributed by atoms with van der Waals surface area (Å²) in [5.74, 6) is 0.226. The highest BCUT2D eigenvalue weighted by atomic mass is 16.7. The van der Waals surface area contributed by atoms with Crippen LogP contribution in [0.5, 0.6) is 0 Å². The van der Waals surface area contributed by atoms with Gasteiger partial charge in [0, 0.05) is 30.3 Å². The van der Waals surface area contributed by atoms with E-state index >= 15 is 0 Å². The maximum absolute atomic E-state index is 12.4. The quantitative estimate of drug-likeness (QED) is 0.634. The maximum atomic E-state index is 12.4. The second-order valence-electron chi connectivity index (χ2n) is 7.34. The third-order valence-electron chi connectivity index (χ3n) is 6.30. The second-order valence-corrected chi connectivity index (χ2v) is 7.34. The Balaban J connectivity index is 2.01. The molecule has 0 aromatic rings. The molecule has 2 aliphatic carbocycles. The Morgan fingerprint density at radius 2 is 2.14 bits per heavy atom. The standard InChI is InChI=1S/C17H26O5/c1-10-12(18)5-14-16(3,8-21-9-20-4)11(2)13-6-17(10,14)7-15(19)22-13/h5,10-11,13,15,19H,6-9H2,1-4H3/t10-,11+,13+,15-,16+,17+/m1/s1. The van der Waals surface area contributed by atoms with Gasteiger partial charge in [-0.3, -0.25) is 4.79 Å². The summed E-state index contributed by atoms with van der Waals surface area (Å²) in [4.78, 5) is 12.4. The molecule has 0 unspecified atom stereocenters. The molecule has 0 aromatic heterocycles. The maximum Gasteiger partial charge on any atom is 0.159 e. The number of aliphatic hydroxyl groups excluding tert-OH is 1. The summed E-state index contributed by atoms with van der Waals surface area (Å²) in [5.41, 5.74) is 0.582. The molecule has 124 valence electrons. The fourth-order valence-corrected chi connectivity index (χ4v) is 4.77. The number of ketones is 1. The van der Waals surface area contributed by atoms with Crippen molar-refractivity contribution in [3.63, 3.8) is 0 Å². The summed E-state index contributed by atoms with van der Waals surface area (Å²) < 4.78 is 16.5. The number of ether oxygens (including phenoxy) is 3. The molecule has 1 aliphatic heterocycles. The lowest BCUT2D eigenvalue weighted by molar-refractivity contribution is -0.240. The first-order valence-electron chi connectivity index (χ1n) is 8.02. The first-order chi connectivity index (χ1) is 10.3. The molecule has 0 radical (unpaired) electrons. The van der Waals surface area contributed by atoms with Crippen molar-refractivity contribution < 1.29 is 24.1 Å². The van der Waals surface area contributed by atoms with Crippen LogP contribution < -0.4 is 0 Å². The second kappa shape index (κ2) is 5.41. The van der Waals surface area contributed by atoms with E-state index in [1.165, 1.54) is 0 Å². The predicted octanol–water partition coefficient (Wildman–Crippen LogP) is 1.89. The summed E-state index contributed by atoms with van der Waals surface area (Å²) in [5, 5.41) is 10.2. The molecule has 3 rings (SSSR count). The van der Waals surface area contributed by atoms with Gasteiger partial charge in [0.1, 0.15) is 6.79 Å². The highest BCUT2D eigenvalue weighted by molar-refractivity contribution is 5.96. The van der Waals surface area contributed by atoms with Gasteiger partial charge < -0.3 is 19.3 Å². The van der Waals surface area contributed by atoms with Gasteiger partial charge in [-0.2, -0.15) is 0 Å². The van der Waals surface area contributed by atoms with E-state index in [0.29, 0.717) is 13.0 Å². The first-order valence-corrected chi connectivity index (χ1v) is 8.02.